The fourth-order valence-electron chi connectivity index (χ4n) is 4.52. The maximum Gasteiger partial charge on any atom is 0.295 e. The highest BCUT2D eigenvalue weighted by Gasteiger charge is 2.46. The molecule has 1 amide bonds. The number of likely N-dealkylation sites (tertiary alicyclic amines) is 1. The van der Waals surface area contributed by atoms with Crippen LogP contribution in [0.1, 0.15) is 48.3 Å². The molecule has 1 fully saturated rings. The number of amides is 1. The molecule has 3 aromatic rings. The second-order valence-corrected chi connectivity index (χ2v) is 9.50. The van der Waals surface area contributed by atoms with Crippen molar-refractivity contribution in [3.05, 3.63) is 70.7 Å². The number of nitrogens with zero attached hydrogens (tertiary/aromatic N) is 4. The Labute approximate surface area is 211 Å². The number of aliphatic hydroxyl groups is 1. The molecular formula is C28H34N4O4. The molecule has 4 rings (SSSR count). The van der Waals surface area contributed by atoms with Crippen molar-refractivity contribution in [1.29, 1.82) is 0 Å². The van der Waals surface area contributed by atoms with E-state index in [4.69, 9.17) is 4.74 Å². The molecule has 2 aromatic heterocycles. The van der Waals surface area contributed by atoms with Gasteiger partial charge in [-0.3, -0.25) is 9.59 Å². The lowest BCUT2D eigenvalue weighted by Gasteiger charge is -2.26. The monoisotopic (exact) mass is 490 g/mol. The first-order chi connectivity index (χ1) is 17.2. The summed E-state index contributed by atoms with van der Waals surface area (Å²) in [5.41, 5.74) is 3.44. The van der Waals surface area contributed by atoms with Gasteiger partial charge in [0.2, 0.25) is 0 Å². The van der Waals surface area contributed by atoms with E-state index in [0.717, 1.165) is 29.7 Å². The van der Waals surface area contributed by atoms with Gasteiger partial charge in [-0.05, 0) is 63.7 Å². The largest absolute Gasteiger partial charge is 0.505 e. The highest BCUT2D eigenvalue weighted by molar-refractivity contribution is 6.46. The Kier molecular flexibility index (Phi) is 7.45. The summed E-state index contributed by atoms with van der Waals surface area (Å²) in [6.45, 7) is 7.44. The van der Waals surface area contributed by atoms with Crippen LogP contribution in [0.5, 0.6) is 5.75 Å². The predicted molar refractivity (Wildman–Crippen MR) is 139 cm³/mol. The van der Waals surface area contributed by atoms with Crippen molar-refractivity contribution in [2.45, 2.75) is 39.7 Å². The third-order valence-corrected chi connectivity index (χ3v) is 6.60. The maximum absolute atomic E-state index is 13.3. The lowest BCUT2D eigenvalue weighted by molar-refractivity contribution is -0.140. The van der Waals surface area contributed by atoms with E-state index in [2.05, 4.69) is 11.9 Å². The first-order valence-electron chi connectivity index (χ1n) is 12.3. The van der Waals surface area contributed by atoms with Crippen LogP contribution in [0.2, 0.25) is 0 Å². The number of likely N-dealkylation sites (N-methyl/N-ethyl adjacent to an activating group) is 1. The number of ether oxygens (including phenoxy) is 1. The smallest absolute Gasteiger partial charge is 0.295 e. The first kappa shape index (κ1) is 25.4. The number of carbonyl (C=O) groups is 2. The molecule has 1 aromatic carbocycles. The van der Waals surface area contributed by atoms with Crippen LogP contribution in [0.4, 0.5) is 0 Å². The van der Waals surface area contributed by atoms with Crippen molar-refractivity contribution in [3.63, 3.8) is 0 Å². The summed E-state index contributed by atoms with van der Waals surface area (Å²) in [6, 6.07) is 10.5. The topological polar surface area (TPSA) is 87.4 Å². The number of carbonyl (C=O) groups excluding carboxylic acids is 2. The molecule has 0 aliphatic carbocycles. The summed E-state index contributed by atoms with van der Waals surface area (Å²) < 4.78 is 7.67. The molecule has 1 saturated heterocycles. The highest BCUT2D eigenvalue weighted by Crippen LogP contribution is 2.40. The third-order valence-electron chi connectivity index (χ3n) is 6.60. The minimum absolute atomic E-state index is 0.0579. The van der Waals surface area contributed by atoms with Crippen molar-refractivity contribution >= 4 is 23.1 Å². The Morgan fingerprint density at radius 2 is 1.86 bits per heavy atom. The minimum Gasteiger partial charge on any atom is -0.505 e. The first-order valence-corrected chi connectivity index (χ1v) is 12.3. The van der Waals surface area contributed by atoms with Crippen molar-refractivity contribution < 1.29 is 19.4 Å². The Hall–Kier alpha value is -3.65. The molecule has 0 saturated carbocycles. The quantitative estimate of drug-likeness (QED) is 0.210. The number of ketones is 1. The molecule has 1 N–H and O–H groups in total. The number of imidazole rings is 1. The number of pyridine rings is 1. The van der Waals surface area contributed by atoms with E-state index in [1.807, 2.05) is 79.8 Å². The molecule has 190 valence electrons. The molecule has 8 heteroatoms. The SMILES string of the molecule is CCCCOc1ccc(C2C(=C(O)c3nc4c(C)cccn4c3C)C(=O)C(=O)N2CCN(C)C)cc1. The summed E-state index contributed by atoms with van der Waals surface area (Å²) in [6.07, 6.45) is 3.87. The van der Waals surface area contributed by atoms with Crippen LogP contribution < -0.4 is 4.74 Å². The normalized spacial score (nSPS) is 17.5. The zero-order valence-electron chi connectivity index (χ0n) is 21.6. The van der Waals surface area contributed by atoms with Crippen LogP contribution in [0, 0.1) is 13.8 Å². The van der Waals surface area contributed by atoms with Gasteiger partial charge in [0.25, 0.3) is 11.7 Å². The van der Waals surface area contributed by atoms with E-state index in [-0.39, 0.29) is 11.3 Å². The molecule has 0 bridgehead atoms. The molecular weight excluding hydrogens is 456 g/mol. The molecule has 0 radical (unpaired) electrons. The summed E-state index contributed by atoms with van der Waals surface area (Å²) in [5.74, 6) is -0.851. The molecule has 0 spiro atoms. The molecule has 3 heterocycles. The van der Waals surface area contributed by atoms with Crippen molar-refractivity contribution in [1.82, 2.24) is 19.2 Å². The van der Waals surface area contributed by atoms with Gasteiger partial charge >= 0.3 is 0 Å². The van der Waals surface area contributed by atoms with Crippen LogP contribution in [0.15, 0.2) is 48.2 Å². The second-order valence-electron chi connectivity index (χ2n) is 9.50. The van der Waals surface area contributed by atoms with E-state index in [1.54, 1.807) is 0 Å². The minimum atomic E-state index is -0.722. The van der Waals surface area contributed by atoms with Gasteiger partial charge in [0, 0.05) is 19.3 Å². The number of aromatic nitrogens is 2. The average Bonchev–Trinajstić information content (AvgIpc) is 3.33. The number of benzene rings is 1. The van der Waals surface area contributed by atoms with Crippen molar-refractivity contribution in [2.75, 3.05) is 33.8 Å². The van der Waals surface area contributed by atoms with Gasteiger partial charge in [-0.15, -0.1) is 0 Å². The van der Waals surface area contributed by atoms with Crippen LogP contribution in [-0.4, -0.2) is 69.8 Å². The van der Waals surface area contributed by atoms with Gasteiger partial charge < -0.3 is 24.0 Å². The third kappa shape index (κ3) is 4.73. The molecule has 1 unspecified atom stereocenters. The van der Waals surface area contributed by atoms with Gasteiger partial charge in [-0.25, -0.2) is 4.98 Å². The number of aliphatic hydroxyl groups excluding tert-OH is 1. The fourth-order valence-corrected chi connectivity index (χ4v) is 4.52. The Morgan fingerprint density at radius 3 is 2.50 bits per heavy atom. The van der Waals surface area contributed by atoms with Gasteiger partial charge in [0.15, 0.2) is 5.76 Å². The van der Waals surface area contributed by atoms with E-state index in [1.165, 1.54) is 4.90 Å². The lowest BCUT2D eigenvalue weighted by Crippen LogP contribution is -2.35. The number of hydrogen-bond acceptors (Lipinski definition) is 6. The maximum atomic E-state index is 13.3. The van der Waals surface area contributed by atoms with Gasteiger partial charge in [0.05, 0.1) is 23.9 Å². The number of Topliss-reactive ketones (excluding diaryl/α,β-unsaturated/α-hetero) is 1. The summed E-state index contributed by atoms with van der Waals surface area (Å²) in [7, 11) is 3.83. The Bertz CT molecular complexity index is 1310. The number of hydrogen-bond donors (Lipinski definition) is 1. The van der Waals surface area contributed by atoms with Gasteiger partial charge in [-0.1, -0.05) is 31.5 Å². The van der Waals surface area contributed by atoms with Crippen LogP contribution in [0.3, 0.4) is 0 Å². The van der Waals surface area contributed by atoms with Crippen LogP contribution in [0.25, 0.3) is 11.4 Å². The molecule has 36 heavy (non-hydrogen) atoms. The van der Waals surface area contributed by atoms with Gasteiger partial charge in [0.1, 0.15) is 17.1 Å². The van der Waals surface area contributed by atoms with E-state index < -0.39 is 17.7 Å². The Morgan fingerprint density at radius 1 is 1.14 bits per heavy atom. The van der Waals surface area contributed by atoms with Crippen LogP contribution in [-0.2, 0) is 9.59 Å². The highest BCUT2D eigenvalue weighted by atomic mass is 16.5. The number of fused-ring (bicyclic) bond motifs is 1. The van der Waals surface area contributed by atoms with Crippen LogP contribution >= 0.6 is 0 Å². The number of unbranched alkanes of at least 4 members (excludes halogenated alkanes) is 1. The summed E-state index contributed by atoms with van der Waals surface area (Å²) >= 11 is 0. The van der Waals surface area contributed by atoms with Crippen molar-refractivity contribution in [2.24, 2.45) is 0 Å². The molecule has 1 aliphatic rings. The zero-order chi connectivity index (χ0) is 26.0. The lowest BCUT2D eigenvalue weighted by atomic mass is 9.96. The predicted octanol–water partition coefficient (Wildman–Crippen LogP) is 4.11. The van der Waals surface area contributed by atoms with E-state index in [0.29, 0.717) is 36.7 Å². The molecule has 1 atom stereocenters. The Balaban J connectivity index is 1.81. The second kappa shape index (κ2) is 10.5. The van der Waals surface area contributed by atoms with Gasteiger partial charge in [-0.2, -0.15) is 0 Å². The number of aryl methyl sites for hydroxylation is 2. The standard InChI is InChI=1S/C28H34N4O4/c1-6-7-17-36-21-12-10-20(11-13-21)24-22(26(34)28(35)32(24)16-15-30(4)5)25(33)23-19(3)31-14-8-9-18(2)27(31)29-23/h8-14,24,33H,6-7,15-17H2,1-5H3. The zero-order valence-corrected chi connectivity index (χ0v) is 21.6. The van der Waals surface area contributed by atoms with E-state index in [9.17, 15) is 14.7 Å². The average molecular weight is 491 g/mol. The molecule has 8 nitrogen and oxygen atoms in total. The summed E-state index contributed by atoms with van der Waals surface area (Å²) in [4.78, 5) is 34.6. The molecule has 1 aliphatic heterocycles. The van der Waals surface area contributed by atoms with E-state index >= 15 is 0 Å². The fraction of sp³-hybridized carbons (Fsp3) is 0.393. The number of rotatable bonds is 9. The summed E-state index contributed by atoms with van der Waals surface area (Å²) in [5, 5.41) is 11.5. The van der Waals surface area contributed by atoms with Crippen molar-refractivity contribution in [3.8, 4) is 5.75 Å².